The number of benzene rings is 2. The zero-order valence-electron chi connectivity index (χ0n) is 14.5. The second kappa shape index (κ2) is 7.06. The first-order valence-electron chi connectivity index (χ1n) is 8.04. The van der Waals surface area contributed by atoms with E-state index in [1.807, 2.05) is 0 Å². The monoisotopic (exact) mass is 371 g/mol. The van der Waals surface area contributed by atoms with Crippen LogP contribution in [-0.2, 0) is 11.3 Å². The fourth-order valence-electron chi connectivity index (χ4n) is 2.81. The Morgan fingerprint density at radius 2 is 1.93 bits per heavy atom. The highest BCUT2D eigenvalue weighted by Crippen LogP contribution is 2.12. The third-order valence-electron chi connectivity index (χ3n) is 4.13. The van der Waals surface area contributed by atoms with Gasteiger partial charge in [0.2, 0.25) is 0 Å². The van der Waals surface area contributed by atoms with E-state index in [9.17, 15) is 23.2 Å². The van der Waals surface area contributed by atoms with Gasteiger partial charge in [-0.1, -0.05) is 12.1 Å². The molecule has 1 N–H and O–H groups in total. The van der Waals surface area contributed by atoms with Crippen molar-refractivity contribution in [2.24, 2.45) is 4.99 Å². The van der Waals surface area contributed by atoms with Crippen molar-refractivity contribution in [1.29, 1.82) is 0 Å². The number of aromatic nitrogens is 2. The second-order valence-corrected chi connectivity index (χ2v) is 6.03. The normalized spacial score (nSPS) is 11.8. The number of hydrogen-bond donors (Lipinski definition) is 1. The molecule has 0 aliphatic carbocycles. The fourth-order valence-corrected chi connectivity index (χ4v) is 2.81. The van der Waals surface area contributed by atoms with E-state index in [2.05, 4.69) is 9.98 Å². The zero-order valence-corrected chi connectivity index (χ0v) is 14.5. The first-order chi connectivity index (χ1) is 12.8. The Kier molecular flexibility index (Phi) is 4.81. The largest absolute Gasteiger partial charge is 0.329 e. The van der Waals surface area contributed by atoms with Crippen LogP contribution in [0.2, 0.25) is 0 Å². The number of carbonyl (C=O) groups is 1. The van der Waals surface area contributed by atoms with Crippen molar-refractivity contribution in [2.75, 3.05) is 0 Å². The summed E-state index contributed by atoms with van der Waals surface area (Å²) in [5, 5.41) is 0.301. The number of nitrogens with zero attached hydrogens (tertiary/aromatic N) is 2. The quantitative estimate of drug-likeness (QED) is 0.717. The van der Waals surface area contributed by atoms with Crippen molar-refractivity contribution in [3.63, 3.8) is 0 Å². The molecule has 1 heterocycles. The van der Waals surface area contributed by atoms with E-state index in [4.69, 9.17) is 0 Å². The number of H-pyrrole nitrogens is 1. The van der Waals surface area contributed by atoms with Gasteiger partial charge in [-0.2, -0.15) is 0 Å². The van der Waals surface area contributed by atoms with Crippen LogP contribution in [-0.4, -0.2) is 21.2 Å². The number of aryl methyl sites for hydroxylation is 1. The SMILES string of the molecule is CC(=NC(=O)Cn1c(=O)[nH]c2cccc(C)c2c1=O)c1ccc(F)cc1F. The van der Waals surface area contributed by atoms with Crippen LogP contribution in [0.4, 0.5) is 8.78 Å². The van der Waals surface area contributed by atoms with E-state index in [1.54, 1.807) is 25.1 Å². The molecular formula is C19H15F2N3O3. The Balaban J connectivity index is 1.98. The van der Waals surface area contributed by atoms with Crippen LogP contribution < -0.4 is 11.2 Å². The Bertz CT molecular complexity index is 1210. The molecule has 8 heteroatoms. The van der Waals surface area contributed by atoms with Gasteiger partial charge in [0.15, 0.2) is 0 Å². The summed E-state index contributed by atoms with van der Waals surface area (Å²) in [5.74, 6) is -2.42. The molecular weight excluding hydrogens is 356 g/mol. The Hall–Kier alpha value is -3.42. The van der Waals surface area contributed by atoms with Crippen molar-refractivity contribution in [1.82, 2.24) is 9.55 Å². The molecule has 1 aromatic heterocycles. The molecule has 0 aliphatic rings. The minimum atomic E-state index is -0.861. The lowest BCUT2D eigenvalue weighted by Gasteiger charge is -2.07. The van der Waals surface area contributed by atoms with Crippen molar-refractivity contribution in [2.45, 2.75) is 20.4 Å². The van der Waals surface area contributed by atoms with E-state index in [0.29, 0.717) is 22.5 Å². The van der Waals surface area contributed by atoms with Gasteiger partial charge in [0.25, 0.3) is 11.5 Å². The summed E-state index contributed by atoms with van der Waals surface area (Å²) in [4.78, 5) is 43.2. The van der Waals surface area contributed by atoms with Crippen LogP contribution >= 0.6 is 0 Å². The minimum absolute atomic E-state index is 0.0129. The third-order valence-corrected chi connectivity index (χ3v) is 4.13. The molecule has 27 heavy (non-hydrogen) atoms. The van der Waals surface area contributed by atoms with Crippen LogP contribution in [0.5, 0.6) is 0 Å². The number of rotatable bonds is 3. The maximum atomic E-state index is 13.8. The van der Waals surface area contributed by atoms with Crippen molar-refractivity contribution in [3.05, 3.63) is 80.0 Å². The highest BCUT2D eigenvalue weighted by molar-refractivity contribution is 6.05. The molecule has 0 saturated heterocycles. The number of amides is 1. The predicted molar refractivity (Wildman–Crippen MR) is 97.1 cm³/mol. The van der Waals surface area contributed by atoms with E-state index in [0.717, 1.165) is 16.7 Å². The van der Waals surface area contributed by atoms with Crippen LogP contribution in [0, 0.1) is 18.6 Å². The summed E-state index contributed by atoms with van der Waals surface area (Å²) in [7, 11) is 0. The molecule has 6 nitrogen and oxygen atoms in total. The number of hydrogen-bond acceptors (Lipinski definition) is 3. The van der Waals surface area contributed by atoms with Gasteiger partial charge in [0.1, 0.15) is 18.2 Å². The van der Waals surface area contributed by atoms with Gasteiger partial charge < -0.3 is 4.98 Å². The minimum Gasteiger partial charge on any atom is -0.307 e. The third kappa shape index (κ3) is 3.59. The van der Waals surface area contributed by atoms with E-state index < -0.39 is 35.3 Å². The van der Waals surface area contributed by atoms with E-state index in [1.165, 1.54) is 6.92 Å². The topological polar surface area (TPSA) is 84.3 Å². The molecule has 0 atom stereocenters. The molecule has 1 amide bonds. The first-order valence-corrected chi connectivity index (χ1v) is 8.04. The maximum Gasteiger partial charge on any atom is 0.329 e. The van der Waals surface area contributed by atoms with Crippen molar-refractivity contribution >= 4 is 22.5 Å². The summed E-state index contributed by atoms with van der Waals surface area (Å²) in [5.41, 5.74) is -0.350. The summed E-state index contributed by atoms with van der Waals surface area (Å²) in [6.45, 7) is 2.50. The molecule has 0 spiro atoms. The van der Waals surface area contributed by atoms with Gasteiger partial charge in [-0.15, -0.1) is 0 Å². The zero-order chi connectivity index (χ0) is 19.7. The number of halogens is 2. The van der Waals surface area contributed by atoms with Gasteiger partial charge in [0.05, 0.1) is 16.6 Å². The summed E-state index contributed by atoms with van der Waals surface area (Å²) >= 11 is 0. The molecule has 0 saturated carbocycles. The number of fused-ring (bicyclic) bond motifs is 1. The van der Waals surface area contributed by atoms with Gasteiger partial charge in [-0.3, -0.25) is 14.2 Å². The highest BCUT2D eigenvalue weighted by atomic mass is 19.1. The van der Waals surface area contributed by atoms with Gasteiger partial charge in [-0.25, -0.2) is 18.6 Å². The molecule has 3 aromatic rings. The molecule has 2 aromatic carbocycles. The first kappa shape index (κ1) is 18.4. The van der Waals surface area contributed by atoms with Crippen molar-refractivity contribution < 1.29 is 13.6 Å². The smallest absolute Gasteiger partial charge is 0.307 e. The number of aliphatic imine (C=N–C) groups is 1. The van der Waals surface area contributed by atoms with Crippen molar-refractivity contribution in [3.8, 4) is 0 Å². The van der Waals surface area contributed by atoms with Crippen LogP contribution in [0.3, 0.4) is 0 Å². The Labute approximate surface area is 151 Å². The number of carbonyl (C=O) groups excluding carboxylic acids is 1. The Morgan fingerprint density at radius 3 is 2.63 bits per heavy atom. The second-order valence-electron chi connectivity index (χ2n) is 6.03. The molecule has 138 valence electrons. The predicted octanol–water partition coefficient (Wildman–Crippen LogP) is 2.31. The molecule has 0 unspecified atom stereocenters. The lowest BCUT2D eigenvalue weighted by atomic mass is 10.1. The average molecular weight is 371 g/mol. The van der Waals surface area contributed by atoms with Crippen LogP contribution in [0.25, 0.3) is 10.9 Å². The number of nitrogens with one attached hydrogen (secondary N) is 1. The fraction of sp³-hybridized carbons (Fsp3) is 0.158. The Morgan fingerprint density at radius 1 is 1.19 bits per heavy atom. The van der Waals surface area contributed by atoms with Gasteiger partial charge in [-0.05, 0) is 37.6 Å². The summed E-state index contributed by atoms with van der Waals surface area (Å²) < 4.78 is 27.5. The van der Waals surface area contributed by atoms with Crippen LogP contribution in [0.1, 0.15) is 18.1 Å². The van der Waals surface area contributed by atoms with E-state index in [-0.39, 0.29) is 11.3 Å². The standard InChI is InChI=1S/C19H15F2N3O3/c1-10-4-3-5-15-17(10)18(26)24(19(27)23-15)9-16(25)22-11(2)13-7-6-12(20)8-14(13)21/h3-8H,9H2,1-2H3,(H,23,27). The lowest BCUT2D eigenvalue weighted by Crippen LogP contribution is -2.37. The van der Waals surface area contributed by atoms with Gasteiger partial charge in [0, 0.05) is 11.6 Å². The number of aromatic amines is 1. The lowest BCUT2D eigenvalue weighted by molar-refractivity contribution is -0.118. The van der Waals surface area contributed by atoms with Crippen LogP contribution in [0.15, 0.2) is 51.0 Å². The van der Waals surface area contributed by atoms with Gasteiger partial charge >= 0.3 is 5.69 Å². The average Bonchev–Trinajstić information content (AvgIpc) is 2.58. The summed E-state index contributed by atoms with van der Waals surface area (Å²) in [6.07, 6.45) is 0. The van der Waals surface area contributed by atoms with E-state index >= 15 is 0 Å². The molecule has 0 radical (unpaired) electrons. The highest BCUT2D eigenvalue weighted by Gasteiger charge is 2.14. The molecule has 0 fully saturated rings. The molecule has 0 bridgehead atoms. The summed E-state index contributed by atoms with van der Waals surface area (Å²) in [6, 6.07) is 7.90. The molecule has 0 aliphatic heterocycles. The molecule has 3 rings (SSSR count). The maximum absolute atomic E-state index is 13.8.